The minimum absolute atomic E-state index is 0.228. The average molecular weight is 439 g/mol. The predicted octanol–water partition coefficient (Wildman–Crippen LogP) is 5.39. The summed E-state index contributed by atoms with van der Waals surface area (Å²) in [5, 5.41) is 9.15. The molecule has 2 N–H and O–H groups in total. The maximum atomic E-state index is 12.7. The number of benzene rings is 2. The molecule has 0 unspecified atom stereocenters. The van der Waals surface area contributed by atoms with Gasteiger partial charge in [-0.3, -0.25) is 4.98 Å². The first-order valence-corrected chi connectivity index (χ1v) is 9.44. The molecule has 10 heteroatoms. The van der Waals surface area contributed by atoms with E-state index in [-0.39, 0.29) is 12.1 Å². The summed E-state index contributed by atoms with van der Waals surface area (Å²) in [6.07, 6.45) is -0.910. The van der Waals surface area contributed by atoms with Gasteiger partial charge in [0, 0.05) is 29.3 Å². The van der Waals surface area contributed by atoms with Gasteiger partial charge in [-0.1, -0.05) is 23.4 Å². The molecule has 0 saturated carbocycles. The number of pyridine rings is 1. The van der Waals surface area contributed by atoms with E-state index in [4.69, 9.17) is 4.52 Å². The van der Waals surface area contributed by atoms with Gasteiger partial charge in [-0.25, -0.2) is 4.79 Å². The maximum absolute atomic E-state index is 12.7. The molecule has 0 aliphatic carbocycles. The number of urea groups is 1. The fourth-order valence-corrected chi connectivity index (χ4v) is 2.93. The van der Waals surface area contributed by atoms with Crippen LogP contribution in [0.4, 0.5) is 29.3 Å². The van der Waals surface area contributed by atoms with Gasteiger partial charge in [0.1, 0.15) is 0 Å². The van der Waals surface area contributed by atoms with Crippen molar-refractivity contribution >= 4 is 17.4 Å². The first-order valence-electron chi connectivity index (χ1n) is 9.44. The van der Waals surface area contributed by atoms with Crippen molar-refractivity contribution in [2.24, 2.45) is 0 Å². The smallest absolute Gasteiger partial charge is 0.339 e. The molecule has 0 bridgehead atoms. The summed E-state index contributed by atoms with van der Waals surface area (Å²) in [6.45, 7) is 0. The number of aromatic nitrogens is 3. The molecule has 0 aliphatic rings. The van der Waals surface area contributed by atoms with Crippen LogP contribution in [-0.4, -0.2) is 21.2 Å². The third kappa shape index (κ3) is 5.09. The highest BCUT2D eigenvalue weighted by molar-refractivity contribution is 6.00. The van der Waals surface area contributed by atoms with Crippen LogP contribution in [-0.2, 0) is 12.6 Å². The zero-order valence-corrected chi connectivity index (χ0v) is 16.4. The number of carbonyl (C=O) groups is 1. The van der Waals surface area contributed by atoms with Crippen molar-refractivity contribution in [1.29, 1.82) is 0 Å². The Morgan fingerprint density at radius 3 is 2.47 bits per heavy atom. The molecule has 0 aliphatic heterocycles. The summed E-state index contributed by atoms with van der Waals surface area (Å²) in [5.74, 6) is 0.750. The van der Waals surface area contributed by atoms with Gasteiger partial charge in [0.2, 0.25) is 11.7 Å². The molecule has 0 saturated heterocycles. The van der Waals surface area contributed by atoms with Crippen molar-refractivity contribution < 1.29 is 22.5 Å². The number of halogens is 3. The topological polar surface area (TPSA) is 92.9 Å². The van der Waals surface area contributed by atoms with E-state index in [9.17, 15) is 18.0 Å². The zero-order chi connectivity index (χ0) is 22.6. The largest absolute Gasteiger partial charge is 0.416 e. The Bertz CT molecular complexity index is 1210. The van der Waals surface area contributed by atoms with Gasteiger partial charge in [-0.05, 0) is 48.0 Å². The van der Waals surface area contributed by atoms with Crippen molar-refractivity contribution in [3.05, 3.63) is 90.1 Å². The second-order valence-corrected chi connectivity index (χ2v) is 6.74. The fraction of sp³-hybridized carbons (Fsp3) is 0.0909. The van der Waals surface area contributed by atoms with Crippen molar-refractivity contribution in [3.8, 4) is 11.4 Å². The summed E-state index contributed by atoms with van der Waals surface area (Å²) in [4.78, 5) is 20.7. The number of anilines is 2. The predicted molar refractivity (Wildman–Crippen MR) is 111 cm³/mol. The Morgan fingerprint density at radius 2 is 1.75 bits per heavy atom. The Balaban J connectivity index is 1.43. The van der Waals surface area contributed by atoms with E-state index in [2.05, 4.69) is 25.8 Å². The summed E-state index contributed by atoms with van der Waals surface area (Å²) in [5.41, 5.74) is 1.37. The molecule has 0 fully saturated rings. The molecule has 4 aromatic rings. The Kier molecular flexibility index (Phi) is 5.84. The normalized spacial score (nSPS) is 11.2. The number of nitrogens with zero attached hydrogens (tertiary/aromatic N) is 3. The van der Waals surface area contributed by atoms with Gasteiger partial charge < -0.3 is 15.2 Å². The third-order valence-corrected chi connectivity index (χ3v) is 4.47. The lowest BCUT2D eigenvalue weighted by Gasteiger charge is -2.12. The molecular weight excluding hydrogens is 423 g/mol. The molecular formula is C22H16F3N5O2. The second-order valence-electron chi connectivity index (χ2n) is 6.74. The second kappa shape index (κ2) is 8.88. The van der Waals surface area contributed by atoms with Crippen LogP contribution in [0.25, 0.3) is 11.4 Å². The van der Waals surface area contributed by atoms with Crippen molar-refractivity contribution in [2.75, 3.05) is 10.6 Å². The van der Waals surface area contributed by atoms with Crippen LogP contribution < -0.4 is 10.6 Å². The Morgan fingerprint density at radius 1 is 0.969 bits per heavy atom. The van der Waals surface area contributed by atoms with Crippen molar-refractivity contribution in [3.63, 3.8) is 0 Å². The highest BCUT2D eigenvalue weighted by atomic mass is 19.4. The maximum Gasteiger partial charge on any atom is 0.416 e. The van der Waals surface area contributed by atoms with E-state index in [1.165, 1.54) is 12.1 Å². The van der Waals surface area contributed by atoms with Crippen molar-refractivity contribution in [1.82, 2.24) is 15.1 Å². The van der Waals surface area contributed by atoms with Crippen LogP contribution in [0.3, 0.4) is 0 Å². The van der Waals surface area contributed by atoms with E-state index >= 15 is 0 Å². The fourth-order valence-electron chi connectivity index (χ4n) is 2.93. The number of para-hydroxylation sites is 1. The Hall–Kier alpha value is -4.21. The van der Waals surface area contributed by atoms with Crippen molar-refractivity contribution in [2.45, 2.75) is 12.6 Å². The first kappa shape index (κ1) is 21.0. The van der Waals surface area contributed by atoms with E-state index in [1.54, 1.807) is 42.7 Å². The van der Waals surface area contributed by atoms with Gasteiger partial charge in [0.05, 0.1) is 12.0 Å². The van der Waals surface area contributed by atoms with E-state index in [0.717, 1.165) is 17.7 Å². The number of rotatable bonds is 5. The Labute approximate surface area is 180 Å². The van der Waals surface area contributed by atoms with E-state index in [1.807, 2.05) is 6.07 Å². The number of carbonyl (C=O) groups excluding carboxylic acids is 1. The molecule has 162 valence electrons. The van der Waals surface area contributed by atoms with Crippen LogP contribution in [0.15, 0.2) is 77.6 Å². The van der Waals surface area contributed by atoms with Crippen LogP contribution >= 0.6 is 0 Å². The SMILES string of the molecule is O=C(Nc1ccc(C(F)(F)F)cc1)Nc1ccccc1Cc1nc(-c2cccnc2)no1. The van der Waals surface area contributed by atoms with Crippen LogP contribution in [0.5, 0.6) is 0 Å². The lowest BCUT2D eigenvalue weighted by molar-refractivity contribution is -0.137. The zero-order valence-electron chi connectivity index (χ0n) is 16.4. The number of hydrogen-bond acceptors (Lipinski definition) is 5. The van der Waals surface area contributed by atoms with E-state index in [0.29, 0.717) is 23.0 Å². The molecule has 2 aromatic heterocycles. The number of nitrogens with one attached hydrogen (secondary N) is 2. The minimum Gasteiger partial charge on any atom is -0.339 e. The molecule has 2 heterocycles. The highest BCUT2D eigenvalue weighted by Gasteiger charge is 2.30. The average Bonchev–Trinajstić information content (AvgIpc) is 3.24. The summed E-state index contributed by atoms with van der Waals surface area (Å²) in [7, 11) is 0. The quantitative estimate of drug-likeness (QED) is 0.435. The number of hydrogen-bond donors (Lipinski definition) is 2. The number of amides is 2. The molecule has 32 heavy (non-hydrogen) atoms. The minimum atomic E-state index is -4.44. The molecule has 2 aromatic carbocycles. The number of alkyl halides is 3. The summed E-state index contributed by atoms with van der Waals surface area (Å²) < 4.78 is 43.3. The first-order chi connectivity index (χ1) is 15.4. The molecule has 4 rings (SSSR count). The van der Waals surface area contributed by atoms with Gasteiger partial charge in [0.25, 0.3) is 0 Å². The van der Waals surface area contributed by atoms with Gasteiger partial charge in [0.15, 0.2) is 0 Å². The van der Waals surface area contributed by atoms with E-state index < -0.39 is 17.8 Å². The van der Waals surface area contributed by atoms with Gasteiger partial charge in [-0.2, -0.15) is 18.2 Å². The highest BCUT2D eigenvalue weighted by Crippen LogP contribution is 2.30. The summed E-state index contributed by atoms with van der Waals surface area (Å²) in [6, 6.07) is 14.2. The van der Waals surface area contributed by atoms with Gasteiger partial charge in [-0.15, -0.1) is 0 Å². The molecule has 7 nitrogen and oxygen atoms in total. The third-order valence-electron chi connectivity index (χ3n) is 4.47. The molecule has 0 atom stereocenters. The molecule has 2 amide bonds. The van der Waals surface area contributed by atoms with Gasteiger partial charge >= 0.3 is 12.2 Å². The van der Waals surface area contributed by atoms with Crippen LogP contribution in [0.1, 0.15) is 17.0 Å². The lowest BCUT2D eigenvalue weighted by Crippen LogP contribution is -2.20. The molecule has 0 spiro atoms. The van der Waals surface area contributed by atoms with Crippen LogP contribution in [0.2, 0.25) is 0 Å². The van der Waals surface area contributed by atoms with Crippen LogP contribution in [0, 0.1) is 0 Å². The lowest BCUT2D eigenvalue weighted by atomic mass is 10.1. The standard InChI is InChI=1S/C22H16F3N5O2/c23-22(24,25)16-7-9-17(10-8-16)27-21(31)28-18-6-2-1-4-14(18)12-19-29-20(30-32-19)15-5-3-11-26-13-15/h1-11,13H,12H2,(H2,27,28,31). The monoisotopic (exact) mass is 439 g/mol. The summed E-state index contributed by atoms with van der Waals surface area (Å²) >= 11 is 0. The molecule has 0 radical (unpaired) electrons.